The maximum Gasteiger partial charge on any atom is 0.131 e. The molecular weight excluding hydrogens is 102 g/mol. The van der Waals surface area contributed by atoms with E-state index in [0.717, 1.165) is 0 Å². The molecule has 1 unspecified atom stereocenters. The summed E-state index contributed by atoms with van der Waals surface area (Å²) >= 11 is 0. The standard InChI is InChI=1S/C6H13NO/c1-5(7-3)4-6(2)8/h5,7H,4H2,1-3H3. The zero-order valence-electron chi connectivity index (χ0n) is 5.69. The first-order valence-electron chi connectivity index (χ1n) is 2.83. The summed E-state index contributed by atoms with van der Waals surface area (Å²) in [7, 11) is 1.85. The molecule has 0 saturated carbocycles. The molecule has 0 aromatic rings. The van der Waals surface area contributed by atoms with Crippen LogP contribution in [-0.4, -0.2) is 18.9 Å². The molecule has 48 valence electrons. The largest absolute Gasteiger partial charge is 0.317 e. The molecule has 0 aliphatic carbocycles. The van der Waals surface area contributed by atoms with Crippen molar-refractivity contribution in [3.8, 4) is 0 Å². The average Bonchev–Trinajstić information content (AvgIpc) is 1.65. The number of carbonyl (C=O) groups excluding carboxylic acids is 1. The highest BCUT2D eigenvalue weighted by Gasteiger charge is 1.99. The van der Waals surface area contributed by atoms with Crippen LogP contribution in [0.15, 0.2) is 0 Å². The summed E-state index contributed by atoms with van der Waals surface area (Å²) in [6.07, 6.45) is 0.635. The fourth-order valence-corrected chi connectivity index (χ4v) is 0.533. The second kappa shape index (κ2) is 3.61. The van der Waals surface area contributed by atoms with Gasteiger partial charge in [0.05, 0.1) is 0 Å². The van der Waals surface area contributed by atoms with Crippen LogP contribution in [0.1, 0.15) is 20.3 Å². The van der Waals surface area contributed by atoms with Crippen LogP contribution in [0.4, 0.5) is 0 Å². The third kappa shape index (κ3) is 3.81. The van der Waals surface area contributed by atoms with E-state index in [-0.39, 0.29) is 5.78 Å². The molecule has 0 bridgehead atoms. The fraction of sp³-hybridized carbons (Fsp3) is 0.833. The highest BCUT2D eigenvalue weighted by molar-refractivity contribution is 5.76. The van der Waals surface area contributed by atoms with Crippen molar-refractivity contribution in [2.45, 2.75) is 26.3 Å². The lowest BCUT2D eigenvalue weighted by atomic mass is 10.2. The van der Waals surface area contributed by atoms with Gasteiger partial charge in [0.1, 0.15) is 5.78 Å². The smallest absolute Gasteiger partial charge is 0.131 e. The van der Waals surface area contributed by atoms with E-state index in [4.69, 9.17) is 0 Å². The van der Waals surface area contributed by atoms with Gasteiger partial charge in [-0.15, -0.1) is 0 Å². The van der Waals surface area contributed by atoms with E-state index in [1.165, 1.54) is 0 Å². The van der Waals surface area contributed by atoms with E-state index >= 15 is 0 Å². The van der Waals surface area contributed by atoms with Crippen molar-refractivity contribution in [3.63, 3.8) is 0 Å². The minimum absolute atomic E-state index is 0.242. The molecule has 0 fully saturated rings. The summed E-state index contributed by atoms with van der Waals surface area (Å²) < 4.78 is 0. The Morgan fingerprint density at radius 1 is 1.75 bits per heavy atom. The minimum atomic E-state index is 0.242. The minimum Gasteiger partial charge on any atom is -0.317 e. The molecule has 0 amide bonds. The lowest BCUT2D eigenvalue weighted by Gasteiger charge is -2.04. The highest BCUT2D eigenvalue weighted by atomic mass is 16.1. The van der Waals surface area contributed by atoms with E-state index in [1.54, 1.807) is 6.92 Å². The normalized spacial score (nSPS) is 13.4. The first-order valence-corrected chi connectivity index (χ1v) is 2.83. The third-order valence-corrected chi connectivity index (χ3v) is 1.09. The molecule has 2 nitrogen and oxygen atoms in total. The molecule has 0 saturated heterocycles. The van der Waals surface area contributed by atoms with E-state index in [9.17, 15) is 4.79 Å². The summed E-state index contributed by atoms with van der Waals surface area (Å²) in [6, 6.07) is 0.326. The van der Waals surface area contributed by atoms with Crippen LogP contribution in [0.2, 0.25) is 0 Å². The van der Waals surface area contributed by atoms with Crippen molar-refractivity contribution in [1.82, 2.24) is 5.32 Å². The van der Waals surface area contributed by atoms with Gasteiger partial charge in [-0.25, -0.2) is 0 Å². The van der Waals surface area contributed by atoms with Crippen LogP contribution in [0.25, 0.3) is 0 Å². The summed E-state index contributed by atoms with van der Waals surface area (Å²) in [6.45, 7) is 3.59. The molecule has 0 aliphatic rings. The first-order chi connectivity index (χ1) is 3.66. The van der Waals surface area contributed by atoms with Crippen molar-refractivity contribution in [3.05, 3.63) is 0 Å². The van der Waals surface area contributed by atoms with Crippen LogP contribution < -0.4 is 5.32 Å². The van der Waals surface area contributed by atoms with E-state index in [0.29, 0.717) is 12.5 Å². The van der Waals surface area contributed by atoms with Crippen LogP contribution in [0.3, 0.4) is 0 Å². The Balaban J connectivity index is 3.24. The lowest BCUT2D eigenvalue weighted by molar-refractivity contribution is -0.117. The number of rotatable bonds is 3. The van der Waals surface area contributed by atoms with Gasteiger partial charge in [0, 0.05) is 12.5 Å². The second-order valence-corrected chi connectivity index (χ2v) is 2.10. The molecule has 0 rings (SSSR count). The van der Waals surface area contributed by atoms with Gasteiger partial charge >= 0.3 is 0 Å². The molecule has 2 heteroatoms. The van der Waals surface area contributed by atoms with Crippen molar-refractivity contribution >= 4 is 5.78 Å². The summed E-state index contributed by atoms with van der Waals surface area (Å²) in [4.78, 5) is 10.4. The zero-order chi connectivity index (χ0) is 6.57. The van der Waals surface area contributed by atoms with E-state index < -0.39 is 0 Å². The molecule has 0 spiro atoms. The van der Waals surface area contributed by atoms with Crippen molar-refractivity contribution in [2.75, 3.05) is 7.05 Å². The number of hydrogen-bond acceptors (Lipinski definition) is 2. The maximum atomic E-state index is 10.4. The SMILES string of the molecule is CNC(C)CC(C)=O. The van der Waals surface area contributed by atoms with Gasteiger partial charge in [-0.1, -0.05) is 0 Å². The van der Waals surface area contributed by atoms with Crippen molar-refractivity contribution < 1.29 is 4.79 Å². The van der Waals surface area contributed by atoms with Crippen LogP contribution >= 0.6 is 0 Å². The quantitative estimate of drug-likeness (QED) is 0.582. The van der Waals surface area contributed by atoms with E-state index in [1.807, 2.05) is 14.0 Å². The molecule has 0 heterocycles. The van der Waals surface area contributed by atoms with Gasteiger partial charge < -0.3 is 5.32 Å². The molecule has 8 heavy (non-hydrogen) atoms. The van der Waals surface area contributed by atoms with Crippen LogP contribution in [0.5, 0.6) is 0 Å². The Labute approximate surface area is 50.3 Å². The molecule has 0 aliphatic heterocycles. The molecule has 0 aromatic carbocycles. The lowest BCUT2D eigenvalue weighted by Crippen LogP contribution is -2.23. The van der Waals surface area contributed by atoms with Gasteiger partial charge in [-0.3, -0.25) is 4.79 Å². The predicted octanol–water partition coefficient (Wildman–Crippen LogP) is 0.573. The van der Waals surface area contributed by atoms with Gasteiger partial charge in [0.2, 0.25) is 0 Å². The average molecular weight is 115 g/mol. The predicted molar refractivity (Wildman–Crippen MR) is 33.8 cm³/mol. The first kappa shape index (κ1) is 7.63. The number of Topliss-reactive ketones (excluding diaryl/α,β-unsaturated/α-hetero) is 1. The van der Waals surface area contributed by atoms with E-state index in [2.05, 4.69) is 5.32 Å². The zero-order valence-corrected chi connectivity index (χ0v) is 5.69. The van der Waals surface area contributed by atoms with Crippen LogP contribution in [-0.2, 0) is 4.79 Å². The molecule has 0 aromatic heterocycles. The summed E-state index contributed by atoms with van der Waals surface area (Å²) in [5.74, 6) is 0.242. The molecule has 1 atom stereocenters. The molecule has 0 radical (unpaired) electrons. The van der Waals surface area contributed by atoms with Crippen molar-refractivity contribution in [2.24, 2.45) is 0 Å². The third-order valence-electron chi connectivity index (χ3n) is 1.09. The number of nitrogens with one attached hydrogen (secondary N) is 1. The highest BCUT2D eigenvalue weighted by Crippen LogP contribution is 1.88. The van der Waals surface area contributed by atoms with Gasteiger partial charge in [0.25, 0.3) is 0 Å². The topological polar surface area (TPSA) is 29.1 Å². The van der Waals surface area contributed by atoms with Gasteiger partial charge in [-0.2, -0.15) is 0 Å². The molecule has 1 N–H and O–H groups in total. The second-order valence-electron chi connectivity index (χ2n) is 2.10. The number of ketones is 1. The Kier molecular flexibility index (Phi) is 3.44. The Morgan fingerprint density at radius 2 is 2.25 bits per heavy atom. The Hall–Kier alpha value is -0.370. The maximum absolute atomic E-state index is 10.4. The van der Waals surface area contributed by atoms with Crippen LogP contribution in [0, 0.1) is 0 Å². The Bertz CT molecular complexity index is 80.6. The summed E-state index contributed by atoms with van der Waals surface area (Å²) in [5.41, 5.74) is 0. The molecular formula is C6H13NO. The van der Waals surface area contributed by atoms with Gasteiger partial charge in [-0.05, 0) is 20.9 Å². The monoisotopic (exact) mass is 115 g/mol. The fourth-order valence-electron chi connectivity index (χ4n) is 0.533. The summed E-state index contributed by atoms with van der Waals surface area (Å²) in [5, 5.41) is 2.98. The number of hydrogen-bond donors (Lipinski definition) is 1. The van der Waals surface area contributed by atoms with Crippen molar-refractivity contribution in [1.29, 1.82) is 0 Å². The van der Waals surface area contributed by atoms with Gasteiger partial charge in [0.15, 0.2) is 0 Å². The number of carbonyl (C=O) groups is 1. The Morgan fingerprint density at radius 3 is 2.38 bits per heavy atom.